The number of hydrogen-bond acceptors (Lipinski definition) is 6. The van der Waals surface area contributed by atoms with Gasteiger partial charge in [-0.1, -0.05) is 29.5 Å². The summed E-state index contributed by atoms with van der Waals surface area (Å²) in [6.07, 6.45) is 8.36. The summed E-state index contributed by atoms with van der Waals surface area (Å²) >= 11 is 1.48. The number of rotatable bonds is 6. The van der Waals surface area contributed by atoms with E-state index < -0.39 is 10.0 Å². The summed E-state index contributed by atoms with van der Waals surface area (Å²) in [5.41, 5.74) is 2.81. The topological polar surface area (TPSA) is 75.2 Å². The van der Waals surface area contributed by atoms with Crippen LogP contribution in [0.3, 0.4) is 0 Å². The molecule has 1 unspecified atom stereocenters. The van der Waals surface area contributed by atoms with Gasteiger partial charge >= 0.3 is 0 Å². The summed E-state index contributed by atoms with van der Waals surface area (Å²) in [6.45, 7) is 3.83. The Morgan fingerprint density at radius 2 is 1.97 bits per heavy atom. The lowest BCUT2D eigenvalue weighted by atomic mass is 9.92. The highest BCUT2D eigenvalue weighted by atomic mass is 32.2. The summed E-state index contributed by atoms with van der Waals surface area (Å²) in [5.74, 6) is -0.264. The number of nitrogens with one attached hydrogen (secondary N) is 1. The molecule has 5 rings (SSSR count). The zero-order valence-corrected chi connectivity index (χ0v) is 18.9. The molecular formula is C22H23FN4O2S2. The molecule has 162 valence electrons. The van der Waals surface area contributed by atoms with Crippen LogP contribution in [0, 0.1) is 12.7 Å². The molecule has 1 N–H and O–H groups in total. The fourth-order valence-electron chi connectivity index (χ4n) is 3.99. The third-order valence-corrected chi connectivity index (χ3v) is 8.58. The second-order valence-electron chi connectivity index (χ2n) is 8.61. The van der Waals surface area contributed by atoms with Crippen LogP contribution in [0.5, 0.6) is 0 Å². The van der Waals surface area contributed by atoms with Gasteiger partial charge < -0.3 is 4.90 Å². The minimum atomic E-state index is -3.56. The van der Waals surface area contributed by atoms with Crippen molar-refractivity contribution in [1.29, 1.82) is 0 Å². The van der Waals surface area contributed by atoms with E-state index in [9.17, 15) is 12.8 Å². The Hall–Kier alpha value is -2.36. The number of sulfonamides is 1. The van der Waals surface area contributed by atoms with E-state index in [0.29, 0.717) is 17.7 Å². The van der Waals surface area contributed by atoms with Crippen LogP contribution in [0.1, 0.15) is 36.8 Å². The van der Waals surface area contributed by atoms with Crippen LogP contribution in [-0.4, -0.2) is 30.2 Å². The lowest BCUT2D eigenvalue weighted by Crippen LogP contribution is -2.38. The van der Waals surface area contributed by atoms with E-state index in [1.54, 1.807) is 18.2 Å². The summed E-state index contributed by atoms with van der Waals surface area (Å²) in [6, 6.07) is 6.30. The first-order chi connectivity index (χ1) is 14.7. The second kappa shape index (κ2) is 7.36. The molecule has 1 saturated carbocycles. The number of benzene rings is 1. The van der Waals surface area contributed by atoms with Gasteiger partial charge in [-0.2, -0.15) is 0 Å². The van der Waals surface area contributed by atoms with Gasteiger partial charge in [-0.05, 0) is 68.0 Å². The zero-order chi connectivity index (χ0) is 21.8. The first-order valence-electron chi connectivity index (χ1n) is 10.2. The molecule has 1 aromatic carbocycles. The maximum atomic E-state index is 13.3. The van der Waals surface area contributed by atoms with Crippen molar-refractivity contribution in [2.45, 2.75) is 51.1 Å². The zero-order valence-electron chi connectivity index (χ0n) is 17.3. The maximum absolute atomic E-state index is 13.3. The standard InChI is InChI=1S/C22H23FN4O2S2/c1-14-24-25-21(30-14)27-13-16(11-15-3-5-17(23)6-4-15)19-8-7-18(12-20(19)27)31(28,29)26-22(2)9-10-22/h3-8,13,20,26H,9-12H2,1-2H3. The van der Waals surface area contributed by atoms with Crippen molar-refractivity contribution in [2.75, 3.05) is 4.90 Å². The summed E-state index contributed by atoms with van der Waals surface area (Å²) in [5, 5.41) is 10.0. The van der Waals surface area contributed by atoms with Gasteiger partial charge in [0.2, 0.25) is 15.2 Å². The van der Waals surface area contributed by atoms with Crippen LogP contribution in [0.25, 0.3) is 0 Å². The molecule has 1 aliphatic heterocycles. The Morgan fingerprint density at radius 3 is 2.61 bits per heavy atom. The maximum Gasteiger partial charge on any atom is 0.237 e. The molecule has 0 radical (unpaired) electrons. The average Bonchev–Trinajstić information content (AvgIpc) is 3.12. The molecule has 2 aromatic rings. The smallest absolute Gasteiger partial charge is 0.237 e. The van der Waals surface area contributed by atoms with Crippen LogP contribution in [0.15, 0.2) is 58.7 Å². The molecule has 1 atom stereocenters. The first kappa shape index (κ1) is 20.5. The average molecular weight is 459 g/mol. The van der Waals surface area contributed by atoms with E-state index in [4.69, 9.17) is 0 Å². The fourth-order valence-corrected chi connectivity index (χ4v) is 6.31. The van der Waals surface area contributed by atoms with E-state index in [2.05, 4.69) is 14.9 Å². The molecule has 0 bridgehead atoms. The number of allylic oxidation sites excluding steroid dienone is 2. The van der Waals surface area contributed by atoms with Gasteiger partial charge in [0.1, 0.15) is 10.8 Å². The number of anilines is 1. The number of aromatic nitrogens is 2. The molecule has 3 aliphatic rings. The van der Waals surface area contributed by atoms with E-state index in [-0.39, 0.29) is 17.4 Å². The van der Waals surface area contributed by atoms with Gasteiger partial charge in [-0.3, -0.25) is 0 Å². The lowest BCUT2D eigenvalue weighted by Gasteiger charge is -2.28. The highest BCUT2D eigenvalue weighted by Crippen LogP contribution is 2.42. The van der Waals surface area contributed by atoms with Gasteiger partial charge in [0.25, 0.3) is 0 Å². The molecule has 1 fully saturated rings. The van der Waals surface area contributed by atoms with Gasteiger partial charge in [-0.25, -0.2) is 17.5 Å². The van der Waals surface area contributed by atoms with Gasteiger partial charge in [0, 0.05) is 18.2 Å². The van der Waals surface area contributed by atoms with Crippen LogP contribution >= 0.6 is 11.3 Å². The third kappa shape index (κ3) is 4.09. The molecule has 0 saturated heterocycles. The second-order valence-corrected chi connectivity index (χ2v) is 11.5. The molecule has 6 nitrogen and oxygen atoms in total. The van der Waals surface area contributed by atoms with Crippen LogP contribution in [0.2, 0.25) is 0 Å². The van der Waals surface area contributed by atoms with Crippen molar-refractivity contribution in [3.8, 4) is 0 Å². The number of halogens is 1. The van der Waals surface area contributed by atoms with Crippen molar-refractivity contribution in [1.82, 2.24) is 14.9 Å². The lowest BCUT2D eigenvalue weighted by molar-refractivity contribution is 0.560. The highest BCUT2D eigenvalue weighted by molar-refractivity contribution is 7.93. The number of fused-ring (bicyclic) bond motifs is 1. The van der Waals surface area contributed by atoms with Gasteiger partial charge in [0.15, 0.2) is 0 Å². The molecule has 0 amide bonds. The Balaban J connectivity index is 1.49. The van der Waals surface area contributed by atoms with E-state index in [1.807, 2.05) is 31.0 Å². The fraction of sp³-hybridized carbons (Fsp3) is 0.364. The quantitative estimate of drug-likeness (QED) is 0.709. The number of hydrogen-bond donors (Lipinski definition) is 1. The normalized spacial score (nSPS) is 22.0. The SMILES string of the molecule is Cc1nnc(N2C=C(Cc3ccc(F)cc3)C3=CC=C(S(=O)(=O)NC4(C)CC4)CC32)s1. The Kier molecular flexibility index (Phi) is 4.87. The molecule has 31 heavy (non-hydrogen) atoms. The van der Waals surface area contributed by atoms with E-state index in [1.165, 1.54) is 23.5 Å². The summed E-state index contributed by atoms with van der Waals surface area (Å²) in [7, 11) is -3.56. The summed E-state index contributed by atoms with van der Waals surface area (Å²) in [4.78, 5) is 2.41. The number of aryl methyl sites for hydroxylation is 1. The van der Waals surface area contributed by atoms with E-state index in [0.717, 1.165) is 39.7 Å². The minimum absolute atomic E-state index is 0.161. The molecule has 2 aliphatic carbocycles. The predicted molar refractivity (Wildman–Crippen MR) is 120 cm³/mol. The van der Waals surface area contributed by atoms with Crippen LogP contribution < -0.4 is 9.62 Å². The van der Waals surface area contributed by atoms with Gasteiger partial charge in [-0.15, -0.1) is 10.2 Å². The highest BCUT2D eigenvalue weighted by Gasteiger charge is 2.43. The van der Waals surface area contributed by atoms with Crippen molar-refractivity contribution >= 4 is 26.5 Å². The van der Waals surface area contributed by atoms with E-state index >= 15 is 0 Å². The third-order valence-electron chi connectivity index (χ3n) is 5.97. The van der Waals surface area contributed by atoms with Crippen molar-refractivity contribution in [3.63, 3.8) is 0 Å². The Labute approximate surface area is 185 Å². The van der Waals surface area contributed by atoms with Crippen molar-refractivity contribution in [2.24, 2.45) is 0 Å². The van der Waals surface area contributed by atoms with Crippen molar-refractivity contribution < 1.29 is 12.8 Å². The molecule has 9 heteroatoms. The molecule has 1 aromatic heterocycles. The first-order valence-corrected chi connectivity index (χ1v) is 12.5. The molecule has 0 spiro atoms. The van der Waals surface area contributed by atoms with Crippen LogP contribution in [0.4, 0.5) is 9.52 Å². The Bertz CT molecular complexity index is 1220. The number of nitrogens with zero attached hydrogens (tertiary/aromatic N) is 3. The van der Waals surface area contributed by atoms with Crippen molar-refractivity contribution in [3.05, 3.63) is 75.1 Å². The largest absolute Gasteiger partial charge is 0.315 e. The molecule has 2 heterocycles. The monoisotopic (exact) mass is 458 g/mol. The molecular weight excluding hydrogens is 435 g/mol. The Morgan fingerprint density at radius 1 is 1.23 bits per heavy atom. The van der Waals surface area contributed by atoms with Crippen LogP contribution in [-0.2, 0) is 16.4 Å². The minimum Gasteiger partial charge on any atom is -0.315 e. The van der Waals surface area contributed by atoms with Gasteiger partial charge in [0.05, 0.1) is 10.9 Å². The predicted octanol–water partition coefficient (Wildman–Crippen LogP) is 3.99. The summed E-state index contributed by atoms with van der Waals surface area (Å²) < 4.78 is 42.1.